The summed E-state index contributed by atoms with van der Waals surface area (Å²) in [5.74, 6) is 0.106. The van der Waals surface area contributed by atoms with Gasteiger partial charge in [-0.2, -0.15) is 0 Å². The Morgan fingerprint density at radius 3 is 2.53 bits per heavy atom. The molecule has 152 valence electrons. The number of carbonyl (C=O) groups excluding carboxylic acids is 1. The lowest BCUT2D eigenvalue weighted by Crippen LogP contribution is -2.48. The minimum Gasteiger partial charge on any atom is -0.335 e. The van der Waals surface area contributed by atoms with Crippen LogP contribution < -0.4 is 5.56 Å². The van der Waals surface area contributed by atoms with E-state index in [0.717, 1.165) is 34.9 Å². The average Bonchev–Trinajstić information content (AvgIpc) is 3.45. The molecule has 4 heterocycles. The molecule has 0 radical (unpaired) electrons. The first-order valence-corrected chi connectivity index (χ1v) is 11.6. The zero-order chi connectivity index (χ0) is 20.5. The summed E-state index contributed by atoms with van der Waals surface area (Å²) in [6, 6.07) is 15.3. The summed E-state index contributed by atoms with van der Waals surface area (Å²) in [4.78, 5) is 35.7. The first-order chi connectivity index (χ1) is 14.7. The number of hydrogen-bond acceptors (Lipinski definition) is 6. The van der Waals surface area contributed by atoms with Crippen LogP contribution in [0.25, 0.3) is 16.2 Å². The van der Waals surface area contributed by atoms with E-state index in [-0.39, 0.29) is 11.5 Å². The molecule has 8 heteroatoms. The summed E-state index contributed by atoms with van der Waals surface area (Å²) in [5, 5.41) is 3.91. The third kappa shape index (κ3) is 3.69. The largest absolute Gasteiger partial charge is 0.335 e. The molecule has 0 bridgehead atoms. The molecule has 5 rings (SSSR count). The van der Waals surface area contributed by atoms with Crippen LogP contribution >= 0.6 is 22.7 Å². The first-order valence-electron chi connectivity index (χ1n) is 9.80. The average molecular weight is 437 g/mol. The Labute approximate surface area is 181 Å². The summed E-state index contributed by atoms with van der Waals surface area (Å²) in [6.07, 6.45) is 0. The standard InChI is InChI=1S/C22H20N4O2S2/c27-20-13-17(23-22-26(20)18(15-30-22)16-5-2-1-3-6-16)14-24-8-10-25(11-9-24)21(28)19-7-4-12-29-19/h1-7,12-13,15H,8-11,14H2. The van der Waals surface area contributed by atoms with Crippen molar-refractivity contribution < 1.29 is 4.79 Å². The minimum absolute atomic E-state index is 0.0541. The molecule has 1 aliphatic rings. The van der Waals surface area contributed by atoms with E-state index >= 15 is 0 Å². The van der Waals surface area contributed by atoms with E-state index in [9.17, 15) is 9.59 Å². The van der Waals surface area contributed by atoms with Crippen molar-refractivity contribution in [3.63, 3.8) is 0 Å². The highest BCUT2D eigenvalue weighted by molar-refractivity contribution is 7.15. The van der Waals surface area contributed by atoms with E-state index in [1.807, 2.05) is 58.1 Å². The van der Waals surface area contributed by atoms with Crippen LogP contribution in [0.5, 0.6) is 0 Å². The van der Waals surface area contributed by atoms with Crippen molar-refractivity contribution in [2.75, 3.05) is 26.2 Å². The zero-order valence-electron chi connectivity index (χ0n) is 16.2. The lowest BCUT2D eigenvalue weighted by atomic mass is 10.2. The van der Waals surface area contributed by atoms with Gasteiger partial charge in [0.15, 0.2) is 4.96 Å². The summed E-state index contributed by atoms with van der Waals surface area (Å²) in [5.41, 5.74) is 2.60. The molecule has 0 N–H and O–H groups in total. The third-order valence-corrected chi connectivity index (χ3v) is 6.99. The molecular formula is C22H20N4O2S2. The van der Waals surface area contributed by atoms with Crippen LogP contribution in [-0.2, 0) is 6.54 Å². The maximum Gasteiger partial charge on any atom is 0.264 e. The number of rotatable bonds is 4. The van der Waals surface area contributed by atoms with E-state index in [2.05, 4.69) is 4.90 Å². The SMILES string of the molecule is O=C(c1cccs1)N1CCN(Cc2cc(=O)n3c(-c4ccccc4)csc3n2)CC1. The van der Waals surface area contributed by atoms with E-state index < -0.39 is 0 Å². The molecule has 1 amide bonds. The van der Waals surface area contributed by atoms with Gasteiger partial charge in [0.25, 0.3) is 11.5 Å². The van der Waals surface area contributed by atoms with Crippen molar-refractivity contribution in [1.82, 2.24) is 19.2 Å². The number of fused-ring (bicyclic) bond motifs is 1. The van der Waals surface area contributed by atoms with Crippen LogP contribution in [0.2, 0.25) is 0 Å². The topological polar surface area (TPSA) is 57.9 Å². The van der Waals surface area contributed by atoms with Crippen LogP contribution in [0.4, 0.5) is 0 Å². The fourth-order valence-electron chi connectivity index (χ4n) is 3.75. The molecule has 0 saturated carbocycles. The Morgan fingerprint density at radius 1 is 1.00 bits per heavy atom. The zero-order valence-corrected chi connectivity index (χ0v) is 17.9. The number of piperazine rings is 1. The number of amides is 1. The Balaban J connectivity index is 1.30. The van der Waals surface area contributed by atoms with E-state index in [4.69, 9.17) is 4.98 Å². The molecule has 6 nitrogen and oxygen atoms in total. The van der Waals surface area contributed by atoms with E-state index in [1.165, 1.54) is 22.7 Å². The van der Waals surface area contributed by atoms with Gasteiger partial charge in [0, 0.05) is 44.2 Å². The highest BCUT2D eigenvalue weighted by atomic mass is 32.1. The smallest absolute Gasteiger partial charge is 0.264 e. The number of thiophene rings is 1. The van der Waals surface area contributed by atoms with Crippen LogP contribution in [-0.4, -0.2) is 51.3 Å². The maximum absolute atomic E-state index is 12.8. The summed E-state index contributed by atoms with van der Waals surface area (Å²) in [7, 11) is 0. The molecule has 1 aromatic carbocycles. The number of nitrogens with zero attached hydrogens (tertiary/aromatic N) is 4. The van der Waals surface area contributed by atoms with Gasteiger partial charge < -0.3 is 4.90 Å². The Morgan fingerprint density at radius 2 is 1.80 bits per heavy atom. The van der Waals surface area contributed by atoms with Gasteiger partial charge in [-0.15, -0.1) is 22.7 Å². The van der Waals surface area contributed by atoms with Gasteiger partial charge in [-0.25, -0.2) is 4.98 Å². The predicted molar refractivity (Wildman–Crippen MR) is 120 cm³/mol. The fraction of sp³-hybridized carbons (Fsp3) is 0.227. The molecule has 1 saturated heterocycles. The second-order valence-electron chi connectivity index (χ2n) is 7.24. The molecule has 1 fully saturated rings. The molecule has 4 aromatic rings. The molecular weight excluding hydrogens is 416 g/mol. The third-order valence-electron chi connectivity index (χ3n) is 5.30. The molecule has 0 unspecified atom stereocenters. The highest BCUT2D eigenvalue weighted by Crippen LogP contribution is 2.24. The maximum atomic E-state index is 12.8. The van der Waals surface area contributed by atoms with Crippen LogP contribution in [0, 0.1) is 0 Å². The second kappa shape index (κ2) is 8.14. The van der Waals surface area contributed by atoms with E-state index in [1.54, 1.807) is 10.5 Å². The predicted octanol–water partition coefficient (Wildman–Crippen LogP) is 3.44. The Kier molecular flexibility index (Phi) is 5.20. The van der Waals surface area contributed by atoms with Crippen molar-refractivity contribution in [2.24, 2.45) is 0 Å². The van der Waals surface area contributed by atoms with Crippen molar-refractivity contribution in [2.45, 2.75) is 6.54 Å². The Hall–Kier alpha value is -2.81. The molecule has 30 heavy (non-hydrogen) atoms. The number of thiazole rings is 1. The monoisotopic (exact) mass is 436 g/mol. The van der Waals surface area contributed by atoms with Crippen molar-refractivity contribution in [1.29, 1.82) is 0 Å². The van der Waals surface area contributed by atoms with Gasteiger partial charge in [0.05, 0.1) is 16.3 Å². The van der Waals surface area contributed by atoms with Crippen LogP contribution in [0.1, 0.15) is 15.4 Å². The summed E-state index contributed by atoms with van der Waals surface area (Å²) < 4.78 is 1.68. The van der Waals surface area contributed by atoms with Crippen molar-refractivity contribution in [3.05, 3.63) is 80.2 Å². The van der Waals surface area contributed by atoms with Gasteiger partial charge in [0.2, 0.25) is 0 Å². The molecule has 1 aliphatic heterocycles. The quantitative estimate of drug-likeness (QED) is 0.492. The normalized spacial score (nSPS) is 15.0. The van der Waals surface area contributed by atoms with Gasteiger partial charge in [-0.3, -0.25) is 18.9 Å². The van der Waals surface area contributed by atoms with Gasteiger partial charge >= 0.3 is 0 Å². The van der Waals surface area contributed by atoms with Crippen molar-refractivity contribution in [3.8, 4) is 11.3 Å². The summed E-state index contributed by atoms with van der Waals surface area (Å²) in [6.45, 7) is 3.55. The van der Waals surface area contributed by atoms with Gasteiger partial charge in [-0.05, 0) is 17.0 Å². The van der Waals surface area contributed by atoms with Crippen LogP contribution in [0.15, 0.2) is 64.1 Å². The lowest BCUT2D eigenvalue weighted by molar-refractivity contribution is 0.0632. The minimum atomic E-state index is -0.0541. The number of benzene rings is 1. The Bertz CT molecular complexity index is 1220. The van der Waals surface area contributed by atoms with Gasteiger partial charge in [-0.1, -0.05) is 36.4 Å². The molecule has 0 spiro atoms. The first kappa shape index (κ1) is 19.2. The molecule has 0 aliphatic carbocycles. The molecule has 3 aromatic heterocycles. The molecule has 0 atom stereocenters. The van der Waals surface area contributed by atoms with Crippen LogP contribution in [0.3, 0.4) is 0 Å². The lowest BCUT2D eigenvalue weighted by Gasteiger charge is -2.34. The van der Waals surface area contributed by atoms with Crippen molar-refractivity contribution >= 4 is 33.5 Å². The summed E-state index contributed by atoms with van der Waals surface area (Å²) >= 11 is 2.96. The number of carbonyl (C=O) groups is 1. The van der Waals surface area contributed by atoms with E-state index in [0.29, 0.717) is 24.6 Å². The number of aromatic nitrogens is 2. The fourth-order valence-corrected chi connectivity index (χ4v) is 5.36. The van der Waals surface area contributed by atoms with Gasteiger partial charge in [0.1, 0.15) is 0 Å². The highest BCUT2D eigenvalue weighted by Gasteiger charge is 2.23. The second-order valence-corrected chi connectivity index (χ2v) is 9.02. The number of hydrogen-bond donors (Lipinski definition) is 0.